The van der Waals surface area contributed by atoms with E-state index in [0.717, 1.165) is 44.7 Å². The van der Waals surface area contributed by atoms with Crippen LogP contribution in [0.4, 0.5) is 17.6 Å². The van der Waals surface area contributed by atoms with Crippen LogP contribution in [0, 0.1) is 5.82 Å². The van der Waals surface area contributed by atoms with E-state index in [2.05, 4.69) is 15.0 Å². The maximum atomic E-state index is 14.2. The Balaban J connectivity index is 0.00000264. The first kappa shape index (κ1) is 20.0. The topological polar surface area (TPSA) is 24.5 Å². The zero-order valence-electron chi connectivity index (χ0n) is 12.8. The van der Waals surface area contributed by atoms with E-state index >= 15 is 0 Å². The van der Waals surface area contributed by atoms with Gasteiger partial charge < -0.3 is 10.1 Å². The van der Waals surface area contributed by atoms with Crippen molar-refractivity contribution in [2.24, 2.45) is 0 Å². The van der Waals surface area contributed by atoms with Gasteiger partial charge in [0.1, 0.15) is 11.6 Å². The standard InChI is InChI=1S/C15H20F4N2O.ClH/c1-2-3-14(21-8-6-20-7-9-21)12-10-11(4-5-13(12)16)22-15(17,18)19;/h4-5,10,14,20H,2-3,6-9H2,1H3;1H/t14-;/m1./s1. The second kappa shape index (κ2) is 8.70. The summed E-state index contributed by atoms with van der Waals surface area (Å²) in [5, 5.41) is 3.21. The summed E-state index contributed by atoms with van der Waals surface area (Å²) in [7, 11) is 0. The van der Waals surface area contributed by atoms with E-state index in [-0.39, 0.29) is 29.8 Å². The van der Waals surface area contributed by atoms with Crippen LogP contribution in [-0.2, 0) is 0 Å². The molecule has 0 radical (unpaired) electrons. The summed E-state index contributed by atoms with van der Waals surface area (Å²) < 4.78 is 55.1. The highest BCUT2D eigenvalue weighted by molar-refractivity contribution is 5.85. The third kappa shape index (κ3) is 5.82. The third-order valence-corrected chi connectivity index (χ3v) is 3.71. The first-order valence-corrected chi connectivity index (χ1v) is 7.40. The first-order chi connectivity index (χ1) is 10.4. The molecule has 1 aromatic rings. The minimum atomic E-state index is -4.77. The smallest absolute Gasteiger partial charge is 0.406 e. The average molecular weight is 357 g/mol. The van der Waals surface area contributed by atoms with Crippen molar-refractivity contribution >= 4 is 12.4 Å². The highest BCUT2D eigenvalue weighted by Crippen LogP contribution is 2.32. The van der Waals surface area contributed by atoms with Gasteiger partial charge in [0.25, 0.3) is 0 Å². The van der Waals surface area contributed by atoms with Gasteiger partial charge in [0.15, 0.2) is 0 Å². The SMILES string of the molecule is CCC[C@H](c1cc(OC(F)(F)F)ccc1F)N1CCNCC1.Cl. The lowest BCUT2D eigenvalue weighted by Crippen LogP contribution is -2.45. The Morgan fingerprint density at radius 2 is 1.91 bits per heavy atom. The lowest BCUT2D eigenvalue weighted by molar-refractivity contribution is -0.274. The molecule has 0 amide bonds. The Hall–Kier alpha value is -1.05. The molecule has 0 bridgehead atoms. The van der Waals surface area contributed by atoms with Crippen LogP contribution in [0.2, 0.25) is 0 Å². The van der Waals surface area contributed by atoms with Crippen LogP contribution in [0.25, 0.3) is 0 Å². The Bertz CT molecular complexity index is 493. The van der Waals surface area contributed by atoms with Gasteiger partial charge in [0, 0.05) is 37.8 Å². The second-order valence-corrected chi connectivity index (χ2v) is 5.32. The maximum absolute atomic E-state index is 14.2. The van der Waals surface area contributed by atoms with Gasteiger partial charge in [-0.05, 0) is 24.6 Å². The predicted molar refractivity (Wildman–Crippen MR) is 82.4 cm³/mol. The van der Waals surface area contributed by atoms with E-state index in [9.17, 15) is 17.6 Å². The van der Waals surface area contributed by atoms with E-state index in [0.29, 0.717) is 6.42 Å². The number of nitrogens with zero attached hydrogens (tertiary/aromatic N) is 1. The number of halogens is 5. The Morgan fingerprint density at radius 1 is 1.26 bits per heavy atom. The summed E-state index contributed by atoms with van der Waals surface area (Å²) >= 11 is 0. The van der Waals surface area contributed by atoms with Gasteiger partial charge in [-0.15, -0.1) is 25.6 Å². The quantitative estimate of drug-likeness (QED) is 0.810. The van der Waals surface area contributed by atoms with Gasteiger partial charge in [-0.25, -0.2) is 4.39 Å². The molecule has 1 aliphatic heterocycles. The van der Waals surface area contributed by atoms with Gasteiger partial charge >= 0.3 is 6.36 Å². The van der Waals surface area contributed by atoms with Crippen molar-refractivity contribution in [3.8, 4) is 5.75 Å². The predicted octanol–water partition coefficient (Wildman–Crippen LogP) is 3.89. The molecule has 1 aromatic carbocycles. The maximum Gasteiger partial charge on any atom is 0.573 e. The highest BCUT2D eigenvalue weighted by Gasteiger charge is 2.32. The Kier molecular flexibility index (Phi) is 7.57. The van der Waals surface area contributed by atoms with Crippen LogP contribution in [-0.4, -0.2) is 37.4 Å². The first-order valence-electron chi connectivity index (χ1n) is 7.40. The van der Waals surface area contributed by atoms with Gasteiger partial charge in [-0.1, -0.05) is 13.3 Å². The number of benzene rings is 1. The molecule has 0 aromatic heterocycles. The van der Waals surface area contributed by atoms with Crippen LogP contribution in [0.5, 0.6) is 5.75 Å². The van der Waals surface area contributed by atoms with E-state index in [1.807, 2.05) is 6.92 Å². The van der Waals surface area contributed by atoms with Crippen molar-refractivity contribution in [1.29, 1.82) is 0 Å². The van der Waals surface area contributed by atoms with Crippen LogP contribution >= 0.6 is 12.4 Å². The zero-order valence-corrected chi connectivity index (χ0v) is 13.6. The monoisotopic (exact) mass is 356 g/mol. The van der Waals surface area contributed by atoms with Crippen molar-refractivity contribution in [1.82, 2.24) is 10.2 Å². The molecule has 0 saturated carbocycles. The van der Waals surface area contributed by atoms with Crippen molar-refractivity contribution in [3.63, 3.8) is 0 Å². The van der Waals surface area contributed by atoms with Crippen LogP contribution in [0.1, 0.15) is 31.4 Å². The molecule has 0 aliphatic carbocycles. The molecule has 2 rings (SSSR count). The lowest BCUT2D eigenvalue weighted by atomic mass is 9.99. The number of ether oxygens (including phenoxy) is 1. The van der Waals surface area contributed by atoms with Crippen LogP contribution in [0.3, 0.4) is 0 Å². The van der Waals surface area contributed by atoms with Crippen molar-refractivity contribution in [2.75, 3.05) is 26.2 Å². The Labute approximate surface area is 139 Å². The summed E-state index contributed by atoms with van der Waals surface area (Å²) in [5.41, 5.74) is 0.269. The van der Waals surface area contributed by atoms with Gasteiger partial charge in [-0.2, -0.15) is 0 Å². The molecule has 3 nitrogen and oxygen atoms in total. The molecule has 23 heavy (non-hydrogen) atoms. The highest BCUT2D eigenvalue weighted by atomic mass is 35.5. The third-order valence-electron chi connectivity index (χ3n) is 3.71. The average Bonchev–Trinajstić information content (AvgIpc) is 2.46. The van der Waals surface area contributed by atoms with E-state index in [1.165, 1.54) is 6.07 Å². The zero-order chi connectivity index (χ0) is 16.2. The number of hydrogen-bond acceptors (Lipinski definition) is 3. The minimum absolute atomic E-state index is 0. The molecule has 8 heteroatoms. The molecule has 1 heterocycles. The van der Waals surface area contributed by atoms with Crippen molar-refractivity contribution < 1.29 is 22.3 Å². The summed E-state index contributed by atoms with van der Waals surface area (Å²) in [6, 6.07) is 2.99. The molecule has 1 saturated heterocycles. The summed E-state index contributed by atoms with van der Waals surface area (Å²) in [4.78, 5) is 2.11. The summed E-state index contributed by atoms with van der Waals surface area (Å²) in [6.07, 6.45) is -3.27. The van der Waals surface area contributed by atoms with Gasteiger partial charge in [-0.3, -0.25) is 4.90 Å². The number of nitrogens with one attached hydrogen (secondary N) is 1. The number of hydrogen-bond donors (Lipinski definition) is 1. The Morgan fingerprint density at radius 3 is 2.48 bits per heavy atom. The molecule has 132 valence electrons. The molecular formula is C15H21ClF4N2O. The molecule has 1 atom stereocenters. The van der Waals surface area contributed by atoms with E-state index in [1.54, 1.807) is 0 Å². The second-order valence-electron chi connectivity index (χ2n) is 5.32. The lowest BCUT2D eigenvalue weighted by Gasteiger charge is -2.35. The van der Waals surface area contributed by atoms with Crippen LogP contribution < -0.4 is 10.1 Å². The molecule has 0 unspecified atom stereocenters. The molecule has 0 spiro atoms. The minimum Gasteiger partial charge on any atom is -0.406 e. The van der Waals surface area contributed by atoms with Crippen molar-refractivity contribution in [3.05, 3.63) is 29.6 Å². The summed E-state index contributed by atoms with van der Waals surface area (Å²) in [6.45, 7) is 5.05. The fourth-order valence-electron chi connectivity index (χ4n) is 2.78. The van der Waals surface area contributed by atoms with Gasteiger partial charge in [0.2, 0.25) is 0 Å². The molecular weight excluding hydrogens is 336 g/mol. The fourth-order valence-corrected chi connectivity index (χ4v) is 2.78. The molecule has 1 fully saturated rings. The van der Waals surface area contributed by atoms with Crippen LogP contribution in [0.15, 0.2) is 18.2 Å². The number of piperazine rings is 1. The molecule has 1 N–H and O–H groups in total. The normalized spacial score (nSPS) is 17.4. The van der Waals surface area contributed by atoms with Crippen molar-refractivity contribution in [2.45, 2.75) is 32.2 Å². The number of rotatable bonds is 5. The molecule has 1 aliphatic rings. The summed E-state index contributed by atoms with van der Waals surface area (Å²) in [5.74, 6) is -0.869. The fraction of sp³-hybridized carbons (Fsp3) is 0.600. The van der Waals surface area contributed by atoms with E-state index < -0.39 is 12.2 Å². The largest absolute Gasteiger partial charge is 0.573 e. The number of alkyl halides is 3. The van der Waals surface area contributed by atoms with E-state index in [4.69, 9.17) is 0 Å². The van der Waals surface area contributed by atoms with Gasteiger partial charge in [0.05, 0.1) is 0 Å².